The van der Waals surface area contributed by atoms with Crippen molar-refractivity contribution in [1.82, 2.24) is 4.57 Å². The number of hydrogen-bond acceptors (Lipinski definition) is 0. The minimum Gasteiger partial charge on any atom is -0.222 e. The van der Waals surface area contributed by atoms with Crippen LogP contribution in [0.25, 0.3) is 27.3 Å². The normalized spacial score (nSPS) is 15.2. The lowest BCUT2D eigenvalue weighted by Gasteiger charge is -2.14. The first-order valence-electron chi connectivity index (χ1n) is 8.15. The maximum atomic E-state index is 2.57. The predicted octanol–water partition coefficient (Wildman–Crippen LogP) is 3.61. The number of fused-ring (bicyclic) bond motifs is 1. The van der Waals surface area contributed by atoms with E-state index in [0.717, 1.165) is 6.54 Å². The Morgan fingerprint density at radius 2 is 1.91 bits per heavy atom. The molecular weight excluding hydrogens is 268 g/mol. The van der Waals surface area contributed by atoms with E-state index in [1.807, 2.05) is 0 Å². The van der Waals surface area contributed by atoms with Gasteiger partial charge in [-0.2, -0.15) is 4.40 Å². The van der Waals surface area contributed by atoms with Gasteiger partial charge in [-0.05, 0) is 18.9 Å². The summed E-state index contributed by atoms with van der Waals surface area (Å²) in [6, 6.07) is 11.5. The van der Waals surface area contributed by atoms with Crippen molar-refractivity contribution >= 4 is 27.3 Å². The van der Waals surface area contributed by atoms with Crippen LogP contribution in [0.1, 0.15) is 28.1 Å². The van der Waals surface area contributed by atoms with Gasteiger partial charge in [0, 0.05) is 35.2 Å². The SMILES string of the molecule is Cc1ccc2c3cccc4c3[n+]3c(c(C)n5c3c2c1C5)CC4. The highest BCUT2D eigenvalue weighted by molar-refractivity contribution is 6.12. The average Bonchev–Trinajstić information content (AvgIpc) is 3.06. The molecule has 2 aliphatic heterocycles. The second kappa shape index (κ2) is 3.35. The molecule has 6 rings (SSSR count). The first-order valence-corrected chi connectivity index (χ1v) is 8.15. The lowest BCUT2D eigenvalue weighted by atomic mass is 9.94. The van der Waals surface area contributed by atoms with Gasteiger partial charge in [0.25, 0.3) is 5.65 Å². The molecule has 0 N–H and O–H groups in total. The fraction of sp³-hybridized carbons (Fsp3) is 0.250. The van der Waals surface area contributed by atoms with E-state index < -0.39 is 0 Å². The molecule has 0 unspecified atom stereocenters. The summed E-state index contributed by atoms with van der Waals surface area (Å²) in [5.74, 6) is 0. The van der Waals surface area contributed by atoms with Crippen LogP contribution in [0.5, 0.6) is 0 Å². The van der Waals surface area contributed by atoms with E-state index in [-0.39, 0.29) is 0 Å². The zero-order valence-corrected chi connectivity index (χ0v) is 12.9. The zero-order valence-electron chi connectivity index (χ0n) is 12.9. The number of para-hydroxylation sites is 1. The van der Waals surface area contributed by atoms with Gasteiger partial charge in [-0.25, -0.2) is 4.57 Å². The molecule has 22 heavy (non-hydrogen) atoms. The molecule has 0 spiro atoms. The summed E-state index contributed by atoms with van der Waals surface area (Å²) in [4.78, 5) is 0. The van der Waals surface area contributed by atoms with Gasteiger partial charge in [0.2, 0.25) is 0 Å². The van der Waals surface area contributed by atoms with Crippen LogP contribution in [0, 0.1) is 13.8 Å². The first-order chi connectivity index (χ1) is 10.8. The first kappa shape index (κ1) is 11.2. The van der Waals surface area contributed by atoms with Crippen molar-refractivity contribution in [2.45, 2.75) is 33.2 Å². The predicted molar refractivity (Wildman–Crippen MR) is 88.6 cm³/mol. The van der Waals surface area contributed by atoms with Crippen LogP contribution < -0.4 is 4.40 Å². The molecule has 0 aliphatic carbocycles. The van der Waals surface area contributed by atoms with Crippen molar-refractivity contribution < 1.29 is 4.40 Å². The second-order valence-electron chi connectivity index (χ2n) is 6.87. The van der Waals surface area contributed by atoms with E-state index in [1.165, 1.54) is 68.2 Å². The highest BCUT2D eigenvalue weighted by Gasteiger charge is 2.36. The third-order valence-electron chi connectivity index (χ3n) is 5.91. The lowest BCUT2D eigenvalue weighted by molar-refractivity contribution is -0.492. The van der Waals surface area contributed by atoms with Crippen molar-refractivity contribution in [3.8, 4) is 0 Å². The topological polar surface area (TPSA) is 9.03 Å². The van der Waals surface area contributed by atoms with Gasteiger partial charge in [-0.3, -0.25) is 0 Å². The van der Waals surface area contributed by atoms with Gasteiger partial charge in [0.1, 0.15) is 17.8 Å². The largest absolute Gasteiger partial charge is 0.295 e. The summed E-state index contributed by atoms with van der Waals surface area (Å²) in [6.07, 6.45) is 2.33. The molecule has 2 heteroatoms. The fourth-order valence-corrected chi connectivity index (χ4v) is 4.82. The molecule has 106 valence electrons. The molecule has 4 heterocycles. The average molecular weight is 285 g/mol. The molecule has 0 saturated carbocycles. The molecule has 0 amide bonds. The van der Waals surface area contributed by atoms with Gasteiger partial charge in [-0.1, -0.05) is 30.3 Å². The van der Waals surface area contributed by atoms with Crippen molar-refractivity contribution in [1.29, 1.82) is 0 Å². The van der Waals surface area contributed by atoms with Crippen molar-refractivity contribution in [3.63, 3.8) is 0 Å². The van der Waals surface area contributed by atoms with Gasteiger partial charge in [0.15, 0.2) is 5.69 Å². The molecule has 0 bridgehead atoms. The lowest BCUT2D eigenvalue weighted by Crippen LogP contribution is -2.31. The minimum absolute atomic E-state index is 1.04. The molecule has 2 aliphatic rings. The molecule has 0 saturated heterocycles. The number of imidazole rings is 1. The second-order valence-corrected chi connectivity index (χ2v) is 6.87. The number of aromatic nitrogens is 2. The maximum absolute atomic E-state index is 2.57. The van der Waals surface area contributed by atoms with Gasteiger partial charge in [0.05, 0.1) is 5.39 Å². The van der Waals surface area contributed by atoms with Crippen molar-refractivity contribution in [3.05, 3.63) is 58.4 Å². The Bertz CT molecular complexity index is 1160. The number of nitrogens with zero attached hydrogens (tertiary/aromatic N) is 2. The van der Waals surface area contributed by atoms with E-state index in [2.05, 4.69) is 53.1 Å². The van der Waals surface area contributed by atoms with Crippen LogP contribution in [0.3, 0.4) is 0 Å². The zero-order chi connectivity index (χ0) is 14.6. The van der Waals surface area contributed by atoms with E-state index in [4.69, 9.17) is 0 Å². The van der Waals surface area contributed by atoms with Gasteiger partial charge in [-0.15, -0.1) is 0 Å². The fourth-order valence-electron chi connectivity index (χ4n) is 4.82. The smallest absolute Gasteiger partial charge is 0.222 e. The summed E-state index contributed by atoms with van der Waals surface area (Å²) >= 11 is 0. The standard InChI is InChI=1S/C20H17N2/c1-11-6-8-14-15-5-3-4-13-7-9-17-12(2)21-10-16(11)18(14)20(21)22(17)19(13)15/h3-6,8H,7,9-10H2,1-2H3/q+1. The Kier molecular flexibility index (Phi) is 1.71. The number of hydrogen-bond donors (Lipinski definition) is 0. The Balaban J connectivity index is 2.10. The summed E-state index contributed by atoms with van der Waals surface area (Å²) < 4.78 is 5.11. The van der Waals surface area contributed by atoms with Crippen molar-refractivity contribution in [2.75, 3.05) is 0 Å². The van der Waals surface area contributed by atoms with E-state index >= 15 is 0 Å². The molecule has 0 radical (unpaired) electrons. The maximum Gasteiger partial charge on any atom is 0.295 e. The summed E-state index contributed by atoms with van der Waals surface area (Å²) in [5.41, 5.74) is 10.3. The number of pyridine rings is 1. The third-order valence-corrected chi connectivity index (χ3v) is 5.91. The van der Waals surface area contributed by atoms with E-state index in [0.29, 0.717) is 0 Å². The Morgan fingerprint density at radius 3 is 2.82 bits per heavy atom. The number of aryl methyl sites for hydroxylation is 3. The quantitative estimate of drug-likeness (QED) is 0.304. The van der Waals surface area contributed by atoms with Crippen LogP contribution in [0.15, 0.2) is 30.3 Å². The Labute approximate surface area is 128 Å². The highest BCUT2D eigenvalue weighted by atomic mass is 15.2. The molecule has 0 atom stereocenters. The van der Waals surface area contributed by atoms with Crippen LogP contribution in [-0.2, 0) is 19.4 Å². The van der Waals surface area contributed by atoms with Crippen LogP contribution in [-0.4, -0.2) is 4.57 Å². The molecule has 2 aromatic carbocycles. The summed E-state index contributed by atoms with van der Waals surface area (Å²) in [6.45, 7) is 5.59. The number of rotatable bonds is 0. The van der Waals surface area contributed by atoms with Crippen molar-refractivity contribution in [2.24, 2.45) is 0 Å². The summed E-state index contributed by atoms with van der Waals surface area (Å²) in [5, 5.41) is 4.34. The number of benzene rings is 2. The monoisotopic (exact) mass is 285 g/mol. The van der Waals surface area contributed by atoms with Gasteiger partial charge < -0.3 is 0 Å². The van der Waals surface area contributed by atoms with E-state index in [1.54, 1.807) is 0 Å². The molecule has 2 nitrogen and oxygen atoms in total. The molecular formula is C20H17N2+. The molecule has 0 fully saturated rings. The summed E-state index contributed by atoms with van der Waals surface area (Å²) in [7, 11) is 0. The van der Waals surface area contributed by atoms with Crippen LogP contribution in [0.4, 0.5) is 0 Å². The molecule has 4 aromatic rings. The van der Waals surface area contributed by atoms with Crippen LogP contribution >= 0.6 is 0 Å². The minimum atomic E-state index is 1.04. The highest BCUT2D eigenvalue weighted by Crippen LogP contribution is 2.39. The Hall–Kier alpha value is -2.35. The third kappa shape index (κ3) is 1.01. The Morgan fingerprint density at radius 1 is 1.00 bits per heavy atom. The van der Waals surface area contributed by atoms with E-state index in [9.17, 15) is 0 Å². The van der Waals surface area contributed by atoms with Gasteiger partial charge >= 0.3 is 0 Å². The molecule has 2 aromatic heterocycles. The van der Waals surface area contributed by atoms with Crippen LogP contribution in [0.2, 0.25) is 0 Å².